The maximum atomic E-state index is 2.53. The van der Waals surface area contributed by atoms with E-state index in [1.54, 1.807) is 0 Å². The van der Waals surface area contributed by atoms with Gasteiger partial charge in [-0.1, -0.05) is 73.7 Å². The van der Waals surface area contributed by atoms with E-state index in [1.165, 1.54) is 12.0 Å². The molecule has 0 nitrogen and oxygen atoms in total. The van der Waals surface area contributed by atoms with Crippen molar-refractivity contribution in [1.82, 2.24) is 0 Å². The zero-order valence-corrected chi connectivity index (χ0v) is 10.7. The standard InChI is InChI=1S/C12H17I/c1-12(2,3)9-11(13)10-7-5-4-6-8-10/h4-8,11H,9H2,1-3H3. The number of alkyl halides is 1. The molecule has 1 unspecified atom stereocenters. The first-order valence-corrected chi connectivity index (χ1v) is 5.93. The van der Waals surface area contributed by atoms with E-state index in [9.17, 15) is 0 Å². The molecule has 0 aliphatic rings. The van der Waals surface area contributed by atoms with Gasteiger partial charge in [0.2, 0.25) is 0 Å². The van der Waals surface area contributed by atoms with E-state index in [4.69, 9.17) is 0 Å². The van der Waals surface area contributed by atoms with Crippen molar-refractivity contribution in [1.29, 1.82) is 0 Å². The summed E-state index contributed by atoms with van der Waals surface area (Å²) in [6.07, 6.45) is 1.23. The summed E-state index contributed by atoms with van der Waals surface area (Å²) in [5.41, 5.74) is 1.86. The molecule has 1 aromatic rings. The Kier molecular flexibility index (Phi) is 3.77. The van der Waals surface area contributed by atoms with E-state index < -0.39 is 0 Å². The molecular formula is C12H17I. The minimum atomic E-state index is 0.418. The first kappa shape index (κ1) is 11.0. The lowest BCUT2D eigenvalue weighted by molar-refractivity contribution is 0.379. The molecule has 13 heavy (non-hydrogen) atoms. The molecule has 0 fully saturated rings. The van der Waals surface area contributed by atoms with Gasteiger partial charge in [0.1, 0.15) is 0 Å². The third kappa shape index (κ3) is 4.12. The third-order valence-corrected chi connectivity index (χ3v) is 3.11. The molecule has 0 saturated heterocycles. The molecule has 1 heteroatoms. The lowest BCUT2D eigenvalue weighted by Crippen LogP contribution is -2.08. The maximum Gasteiger partial charge on any atom is 0.0364 e. The van der Waals surface area contributed by atoms with Crippen molar-refractivity contribution < 1.29 is 0 Å². The first-order chi connectivity index (χ1) is 5.99. The van der Waals surface area contributed by atoms with Crippen LogP contribution in [-0.2, 0) is 0 Å². The van der Waals surface area contributed by atoms with Crippen molar-refractivity contribution >= 4 is 22.6 Å². The van der Waals surface area contributed by atoms with Crippen molar-refractivity contribution in [2.75, 3.05) is 0 Å². The van der Waals surface area contributed by atoms with Gasteiger partial charge in [-0.2, -0.15) is 0 Å². The van der Waals surface area contributed by atoms with Gasteiger partial charge < -0.3 is 0 Å². The Balaban J connectivity index is 2.64. The van der Waals surface area contributed by atoms with Crippen LogP contribution in [0.1, 0.15) is 36.7 Å². The summed E-state index contributed by atoms with van der Waals surface area (Å²) in [6, 6.07) is 10.7. The maximum absolute atomic E-state index is 2.53. The zero-order chi connectivity index (χ0) is 9.90. The van der Waals surface area contributed by atoms with E-state index in [0.29, 0.717) is 9.34 Å². The summed E-state index contributed by atoms with van der Waals surface area (Å²) >= 11 is 2.53. The molecule has 0 aliphatic carbocycles. The number of benzene rings is 1. The number of hydrogen-bond donors (Lipinski definition) is 0. The smallest absolute Gasteiger partial charge is 0.0364 e. The Morgan fingerprint density at radius 2 is 1.69 bits per heavy atom. The van der Waals surface area contributed by atoms with E-state index >= 15 is 0 Å². The molecule has 0 aliphatic heterocycles. The SMILES string of the molecule is CC(C)(C)CC(I)c1ccccc1. The number of halogens is 1. The molecular weight excluding hydrogens is 271 g/mol. The Hall–Kier alpha value is -0.0500. The molecule has 1 atom stereocenters. The largest absolute Gasteiger partial charge is 0.0774 e. The van der Waals surface area contributed by atoms with Crippen LogP contribution in [0.4, 0.5) is 0 Å². The summed E-state index contributed by atoms with van der Waals surface area (Å²) in [5, 5.41) is 0. The highest BCUT2D eigenvalue weighted by Gasteiger charge is 2.17. The lowest BCUT2D eigenvalue weighted by atomic mass is 9.89. The summed E-state index contributed by atoms with van der Waals surface area (Å²) in [7, 11) is 0. The summed E-state index contributed by atoms with van der Waals surface area (Å²) in [6.45, 7) is 6.88. The fourth-order valence-electron chi connectivity index (χ4n) is 1.32. The molecule has 72 valence electrons. The van der Waals surface area contributed by atoms with E-state index in [1.807, 2.05) is 0 Å². The van der Waals surface area contributed by atoms with Crippen molar-refractivity contribution in [3.8, 4) is 0 Å². The van der Waals surface area contributed by atoms with Crippen molar-refractivity contribution in [3.63, 3.8) is 0 Å². The molecule has 0 spiro atoms. The van der Waals surface area contributed by atoms with E-state index in [-0.39, 0.29) is 0 Å². The fourth-order valence-corrected chi connectivity index (χ4v) is 3.05. The van der Waals surface area contributed by atoms with Gasteiger partial charge in [0, 0.05) is 3.92 Å². The van der Waals surface area contributed by atoms with Gasteiger partial charge in [0.25, 0.3) is 0 Å². The fraction of sp³-hybridized carbons (Fsp3) is 0.500. The van der Waals surface area contributed by atoms with Crippen LogP contribution in [0.15, 0.2) is 30.3 Å². The molecule has 1 aromatic carbocycles. The summed E-state index contributed by atoms with van der Waals surface area (Å²) in [4.78, 5) is 0. The minimum absolute atomic E-state index is 0.418. The van der Waals surface area contributed by atoms with Crippen LogP contribution < -0.4 is 0 Å². The first-order valence-electron chi connectivity index (χ1n) is 4.68. The van der Waals surface area contributed by atoms with Crippen LogP contribution in [0.3, 0.4) is 0 Å². The Morgan fingerprint density at radius 3 is 2.15 bits per heavy atom. The molecule has 0 bridgehead atoms. The highest BCUT2D eigenvalue weighted by Crippen LogP contribution is 2.35. The second-order valence-corrected chi connectivity index (χ2v) is 6.15. The van der Waals surface area contributed by atoms with Gasteiger partial charge in [-0.3, -0.25) is 0 Å². The third-order valence-electron chi connectivity index (χ3n) is 1.95. The van der Waals surface area contributed by atoms with Gasteiger partial charge in [0.05, 0.1) is 0 Å². The van der Waals surface area contributed by atoms with Crippen LogP contribution in [0.2, 0.25) is 0 Å². The average Bonchev–Trinajstić information content (AvgIpc) is 2.03. The van der Waals surface area contributed by atoms with Gasteiger partial charge in [-0.15, -0.1) is 0 Å². The van der Waals surface area contributed by atoms with Crippen molar-refractivity contribution in [2.24, 2.45) is 5.41 Å². The van der Waals surface area contributed by atoms with Gasteiger partial charge in [-0.25, -0.2) is 0 Å². The molecule has 0 saturated carbocycles. The highest BCUT2D eigenvalue weighted by atomic mass is 127. The zero-order valence-electron chi connectivity index (χ0n) is 8.55. The van der Waals surface area contributed by atoms with Crippen LogP contribution in [0, 0.1) is 5.41 Å². The van der Waals surface area contributed by atoms with Crippen molar-refractivity contribution in [3.05, 3.63) is 35.9 Å². The van der Waals surface area contributed by atoms with Crippen LogP contribution in [0.5, 0.6) is 0 Å². The van der Waals surface area contributed by atoms with Crippen LogP contribution in [-0.4, -0.2) is 0 Å². The molecule has 1 rings (SSSR count). The second kappa shape index (κ2) is 4.45. The molecule has 0 amide bonds. The van der Waals surface area contributed by atoms with Crippen LogP contribution in [0.25, 0.3) is 0 Å². The van der Waals surface area contributed by atoms with Crippen molar-refractivity contribution in [2.45, 2.75) is 31.1 Å². The Labute approximate surface area is 94.9 Å². The normalized spacial score (nSPS) is 14.2. The number of rotatable bonds is 2. The lowest BCUT2D eigenvalue weighted by Gasteiger charge is -2.22. The van der Waals surface area contributed by atoms with Crippen LogP contribution >= 0.6 is 22.6 Å². The van der Waals surface area contributed by atoms with Gasteiger partial charge in [-0.05, 0) is 17.4 Å². The van der Waals surface area contributed by atoms with E-state index in [2.05, 4.69) is 73.7 Å². The van der Waals surface area contributed by atoms with Gasteiger partial charge >= 0.3 is 0 Å². The Morgan fingerprint density at radius 1 is 1.15 bits per heavy atom. The molecule has 0 N–H and O–H groups in total. The topological polar surface area (TPSA) is 0 Å². The summed E-state index contributed by atoms with van der Waals surface area (Å²) < 4.78 is 0.638. The average molecular weight is 288 g/mol. The number of hydrogen-bond acceptors (Lipinski definition) is 0. The highest BCUT2D eigenvalue weighted by molar-refractivity contribution is 14.1. The van der Waals surface area contributed by atoms with E-state index in [0.717, 1.165) is 0 Å². The summed E-state index contributed by atoms with van der Waals surface area (Å²) in [5.74, 6) is 0. The molecule has 0 aromatic heterocycles. The molecule has 0 heterocycles. The minimum Gasteiger partial charge on any atom is -0.0774 e. The van der Waals surface area contributed by atoms with Gasteiger partial charge in [0.15, 0.2) is 0 Å². The quantitative estimate of drug-likeness (QED) is 0.551. The predicted octanol–water partition coefficient (Wildman–Crippen LogP) is 4.60. The monoisotopic (exact) mass is 288 g/mol. The second-order valence-electron chi connectivity index (χ2n) is 4.64. The Bertz CT molecular complexity index is 246. The predicted molar refractivity (Wildman–Crippen MR) is 67.3 cm³/mol. The molecule has 0 radical (unpaired) electrons.